The van der Waals surface area contributed by atoms with Crippen LogP contribution in [-0.2, 0) is 18.3 Å². The third-order valence-electron chi connectivity index (χ3n) is 6.30. The summed E-state index contributed by atoms with van der Waals surface area (Å²) >= 11 is 0. The maximum absolute atomic E-state index is 13.2. The number of carbonyl (C=O) groups is 1. The lowest BCUT2D eigenvalue weighted by atomic mass is 10.0. The second-order valence-corrected chi connectivity index (χ2v) is 8.95. The highest BCUT2D eigenvalue weighted by atomic mass is 19.1. The molecule has 5 aromatic heterocycles. The second kappa shape index (κ2) is 8.87. The van der Waals surface area contributed by atoms with Gasteiger partial charge in [-0.3, -0.25) is 9.48 Å². The molecule has 0 bridgehead atoms. The van der Waals surface area contributed by atoms with Crippen LogP contribution in [-0.4, -0.2) is 59.2 Å². The molecule has 0 atom stereocenters. The molecule has 6 heterocycles. The van der Waals surface area contributed by atoms with Crippen LogP contribution in [0.4, 0.5) is 10.1 Å². The molecular formula is C25H21FN10O. The van der Waals surface area contributed by atoms with Crippen molar-refractivity contribution in [2.75, 3.05) is 18.0 Å². The van der Waals surface area contributed by atoms with E-state index in [1.165, 1.54) is 10.9 Å². The quantitative estimate of drug-likeness (QED) is 0.381. The van der Waals surface area contributed by atoms with E-state index in [9.17, 15) is 14.4 Å². The van der Waals surface area contributed by atoms with Gasteiger partial charge in [-0.05, 0) is 17.7 Å². The highest BCUT2D eigenvalue weighted by Crippen LogP contribution is 2.33. The minimum Gasteiger partial charge on any atom is -0.365 e. The predicted octanol–water partition coefficient (Wildman–Crippen LogP) is 1.87. The van der Waals surface area contributed by atoms with Crippen molar-refractivity contribution in [3.63, 3.8) is 0 Å². The standard InChI is InChI=1S/C25H21FN10O/c1-33-11-19(9-29-33)17-5-22(25-18(6-27)8-30-36(25)12-17)34-14-21(15-34)32-24(37)4-16-2-3-23(28-7-16)35-13-20(26)10-31-35/h2-3,5,7-13,21H,4,14-15H2,1H3,(H,32,37). The SMILES string of the molecule is Cn1cc(-c2cc(N3CC(NC(=O)Cc4ccc(-n5cc(F)cn5)nc4)C3)c3c(C#N)cnn3c2)cn1. The number of nitrogens with one attached hydrogen (secondary N) is 1. The van der Waals surface area contributed by atoms with Gasteiger partial charge in [-0.15, -0.1) is 0 Å². The molecule has 1 fully saturated rings. The van der Waals surface area contributed by atoms with Gasteiger partial charge < -0.3 is 10.2 Å². The van der Waals surface area contributed by atoms with Gasteiger partial charge in [0.15, 0.2) is 11.6 Å². The molecule has 1 N–H and O–H groups in total. The number of carbonyl (C=O) groups excluding carboxylic acids is 1. The Bertz CT molecular complexity index is 1650. The van der Waals surface area contributed by atoms with E-state index in [4.69, 9.17) is 0 Å². The fourth-order valence-electron chi connectivity index (χ4n) is 4.46. The molecule has 1 amide bonds. The van der Waals surface area contributed by atoms with Gasteiger partial charge in [-0.25, -0.2) is 18.6 Å². The molecule has 0 saturated carbocycles. The van der Waals surface area contributed by atoms with Crippen LogP contribution in [0.3, 0.4) is 0 Å². The smallest absolute Gasteiger partial charge is 0.224 e. The van der Waals surface area contributed by atoms with E-state index in [1.807, 2.05) is 25.5 Å². The number of aromatic nitrogens is 7. The van der Waals surface area contributed by atoms with Gasteiger partial charge >= 0.3 is 0 Å². The van der Waals surface area contributed by atoms with E-state index in [-0.39, 0.29) is 18.4 Å². The summed E-state index contributed by atoms with van der Waals surface area (Å²) in [5, 5.41) is 25.1. The minimum absolute atomic E-state index is 0.0256. The molecule has 0 spiro atoms. The van der Waals surface area contributed by atoms with Crippen molar-refractivity contribution >= 4 is 17.1 Å². The van der Waals surface area contributed by atoms with Crippen LogP contribution in [0.1, 0.15) is 11.1 Å². The van der Waals surface area contributed by atoms with Crippen molar-refractivity contribution < 1.29 is 9.18 Å². The number of halogens is 1. The van der Waals surface area contributed by atoms with Crippen LogP contribution in [0, 0.1) is 17.1 Å². The molecule has 11 nitrogen and oxygen atoms in total. The fourth-order valence-corrected chi connectivity index (χ4v) is 4.46. The monoisotopic (exact) mass is 496 g/mol. The summed E-state index contributed by atoms with van der Waals surface area (Å²) in [6.07, 6.45) is 11.3. The zero-order valence-corrected chi connectivity index (χ0v) is 19.8. The molecule has 0 unspecified atom stereocenters. The number of hydrogen-bond donors (Lipinski definition) is 1. The molecule has 0 radical (unpaired) electrons. The molecular weight excluding hydrogens is 475 g/mol. The van der Waals surface area contributed by atoms with Gasteiger partial charge in [0.25, 0.3) is 0 Å². The van der Waals surface area contributed by atoms with Gasteiger partial charge in [0.2, 0.25) is 5.91 Å². The number of nitrogens with zero attached hydrogens (tertiary/aromatic N) is 9. The summed E-state index contributed by atoms with van der Waals surface area (Å²) in [4.78, 5) is 19.0. The van der Waals surface area contributed by atoms with Crippen LogP contribution in [0.2, 0.25) is 0 Å². The Labute approximate surface area is 210 Å². The topological polar surface area (TPSA) is 122 Å². The minimum atomic E-state index is -0.443. The number of amides is 1. The van der Waals surface area contributed by atoms with Gasteiger partial charge in [0, 0.05) is 49.9 Å². The molecule has 1 aliphatic heterocycles. The van der Waals surface area contributed by atoms with E-state index in [1.54, 1.807) is 39.9 Å². The molecule has 1 saturated heterocycles. The Morgan fingerprint density at radius 3 is 2.65 bits per heavy atom. The number of hydrogen-bond acceptors (Lipinski definition) is 7. The number of nitriles is 1. The summed E-state index contributed by atoms with van der Waals surface area (Å²) in [6, 6.07) is 7.69. The first kappa shape index (κ1) is 22.4. The Morgan fingerprint density at radius 1 is 1.11 bits per heavy atom. The zero-order chi connectivity index (χ0) is 25.5. The Balaban J connectivity index is 1.13. The number of fused-ring (bicyclic) bond motifs is 1. The van der Waals surface area contributed by atoms with Gasteiger partial charge in [0.1, 0.15) is 11.6 Å². The van der Waals surface area contributed by atoms with Gasteiger partial charge in [-0.1, -0.05) is 6.07 Å². The van der Waals surface area contributed by atoms with Gasteiger partial charge in [0.05, 0.1) is 48.5 Å². The third kappa shape index (κ3) is 4.27. The summed E-state index contributed by atoms with van der Waals surface area (Å²) < 4.78 is 18.0. The maximum atomic E-state index is 13.2. The molecule has 0 aromatic carbocycles. The Morgan fingerprint density at radius 2 is 1.97 bits per heavy atom. The van der Waals surface area contributed by atoms with Crippen molar-refractivity contribution in [3.8, 4) is 23.0 Å². The van der Waals surface area contributed by atoms with Crippen molar-refractivity contribution in [2.45, 2.75) is 12.5 Å². The molecule has 12 heteroatoms. The predicted molar refractivity (Wildman–Crippen MR) is 131 cm³/mol. The molecule has 37 heavy (non-hydrogen) atoms. The summed E-state index contributed by atoms with van der Waals surface area (Å²) in [7, 11) is 1.86. The lowest BCUT2D eigenvalue weighted by Gasteiger charge is -2.41. The summed E-state index contributed by atoms with van der Waals surface area (Å²) in [5.41, 5.74) is 4.74. The van der Waals surface area contributed by atoms with Crippen LogP contribution in [0.5, 0.6) is 0 Å². The van der Waals surface area contributed by atoms with Crippen molar-refractivity contribution in [2.24, 2.45) is 7.05 Å². The van der Waals surface area contributed by atoms with Crippen molar-refractivity contribution in [1.29, 1.82) is 5.26 Å². The fraction of sp³-hybridized carbons (Fsp3) is 0.200. The first-order chi connectivity index (χ1) is 18.0. The summed E-state index contributed by atoms with van der Waals surface area (Å²) in [5.74, 6) is -0.0822. The molecule has 6 rings (SSSR count). The third-order valence-corrected chi connectivity index (χ3v) is 6.30. The lowest BCUT2D eigenvalue weighted by Crippen LogP contribution is -2.59. The van der Waals surface area contributed by atoms with E-state index in [2.05, 4.69) is 36.6 Å². The van der Waals surface area contributed by atoms with E-state index >= 15 is 0 Å². The number of aryl methyl sites for hydroxylation is 1. The Hall–Kier alpha value is -5.05. The second-order valence-electron chi connectivity index (χ2n) is 8.95. The maximum Gasteiger partial charge on any atom is 0.224 e. The zero-order valence-electron chi connectivity index (χ0n) is 19.8. The molecule has 1 aliphatic rings. The van der Waals surface area contributed by atoms with Crippen LogP contribution < -0.4 is 10.2 Å². The van der Waals surface area contributed by atoms with E-state index < -0.39 is 5.82 Å². The lowest BCUT2D eigenvalue weighted by molar-refractivity contribution is -0.121. The van der Waals surface area contributed by atoms with E-state index in [0.29, 0.717) is 24.5 Å². The number of rotatable bonds is 6. The molecule has 0 aliphatic carbocycles. The highest BCUT2D eigenvalue weighted by molar-refractivity contribution is 5.84. The number of pyridine rings is 2. The average molecular weight is 497 g/mol. The highest BCUT2D eigenvalue weighted by Gasteiger charge is 2.31. The van der Waals surface area contributed by atoms with Crippen LogP contribution >= 0.6 is 0 Å². The normalized spacial score (nSPS) is 13.5. The molecule has 5 aromatic rings. The number of anilines is 1. The van der Waals surface area contributed by atoms with Crippen LogP contribution in [0.25, 0.3) is 22.5 Å². The summed E-state index contributed by atoms with van der Waals surface area (Å²) in [6.45, 7) is 1.21. The largest absolute Gasteiger partial charge is 0.365 e. The van der Waals surface area contributed by atoms with Crippen LogP contribution in [0.15, 0.2) is 61.6 Å². The van der Waals surface area contributed by atoms with Crippen molar-refractivity contribution in [1.82, 2.24) is 39.5 Å². The Kier molecular flexibility index (Phi) is 5.37. The molecule has 184 valence electrons. The average Bonchev–Trinajstić information content (AvgIpc) is 3.60. The first-order valence-corrected chi connectivity index (χ1v) is 11.6. The van der Waals surface area contributed by atoms with Crippen molar-refractivity contribution in [3.05, 3.63) is 78.5 Å². The van der Waals surface area contributed by atoms with E-state index in [0.717, 1.165) is 34.1 Å². The first-order valence-electron chi connectivity index (χ1n) is 11.6. The van der Waals surface area contributed by atoms with Gasteiger partial charge in [-0.2, -0.15) is 20.6 Å².